The molecular formula is C24H27N3O5S. The molecule has 2 heterocycles. The number of benzene rings is 2. The van der Waals surface area contributed by atoms with Crippen molar-refractivity contribution < 1.29 is 23.8 Å². The van der Waals surface area contributed by atoms with E-state index in [4.69, 9.17) is 19.2 Å². The Bertz CT molecular complexity index is 1160. The van der Waals surface area contributed by atoms with Gasteiger partial charge in [0, 0.05) is 26.2 Å². The number of carbonyl (C=O) groups is 2. The fourth-order valence-electron chi connectivity index (χ4n) is 3.83. The summed E-state index contributed by atoms with van der Waals surface area (Å²) in [7, 11) is 2.92. The standard InChI is InChI=1S/C24H27N3O5S/c1-16-8-9-19(30-2)20-21(16)33-24(25-20)27(11-10-26-12-14-32-15-13-26)22(28)17-6-4-5-7-18(17)23(29)31-3/h4-9H,10-15H2,1-3H3. The van der Waals surface area contributed by atoms with Gasteiger partial charge < -0.3 is 14.2 Å². The predicted octanol–water partition coefficient (Wildman–Crippen LogP) is 3.38. The van der Waals surface area contributed by atoms with Gasteiger partial charge in [0.25, 0.3) is 5.91 Å². The molecule has 0 saturated carbocycles. The monoisotopic (exact) mass is 469 g/mol. The number of nitrogens with zero attached hydrogens (tertiary/aromatic N) is 3. The maximum atomic E-state index is 13.8. The number of carbonyl (C=O) groups excluding carboxylic acids is 2. The van der Waals surface area contributed by atoms with Gasteiger partial charge in [-0.15, -0.1) is 0 Å². The topological polar surface area (TPSA) is 81.2 Å². The van der Waals surface area contributed by atoms with Crippen molar-refractivity contribution in [2.75, 3.05) is 58.5 Å². The number of aromatic nitrogens is 1. The van der Waals surface area contributed by atoms with E-state index in [-0.39, 0.29) is 17.0 Å². The van der Waals surface area contributed by atoms with E-state index in [0.717, 1.165) is 28.9 Å². The predicted molar refractivity (Wildman–Crippen MR) is 128 cm³/mol. The molecule has 0 N–H and O–H groups in total. The van der Waals surface area contributed by atoms with Crippen molar-refractivity contribution >= 4 is 38.6 Å². The number of fused-ring (bicyclic) bond motifs is 1. The van der Waals surface area contributed by atoms with Crippen LogP contribution in [0.1, 0.15) is 26.3 Å². The fourth-order valence-corrected chi connectivity index (χ4v) is 4.91. The Morgan fingerprint density at radius 2 is 1.85 bits per heavy atom. The van der Waals surface area contributed by atoms with E-state index >= 15 is 0 Å². The maximum absolute atomic E-state index is 13.8. The zero-order chi connectivity index (χ0) is 23.4. The lowest BCUT2D eigenvalue weighted by Crippen LogP contribution is -2.43. The first-order valence-corrected chi connectivity index (χ1v) is 11.6. The molecule has 0 aliphatic carbocycles. The number of hydrogen-bond acceptors (Lipinski definition) is 8. The molecule has 33 heavy (non-hydrogen) atoms. The SMILES string of the molecule is COC(=O)c1ccccc1C(=O)N(CCN1CCOCC1)c1nc2c(OC)ccc(C)c2s1. The van der Waals surface area contributed by atoms with E-state index in [2.05, 4.69) is 4.90 Å². The first-order valence-electron chi connectivity index (χ1n) is 10.8. The van der Waals surface area contributed by atoms with Gasteiger partial charge >= 0.3 is 5.97 Å². The van der Waals surface area contributed by atoms with Crippen LogP contribution >= 0.6 is 11.3 Å². The molecule has 3 aromatic rings. The minimum Gasteiger partial charge on any atom is -0.494 e. The van der Waals surface area contributed by atoms with Gasteiger partial charge in [0.05, 0.1) is 43.3 Å². The van der Waals surface area contributed by atoms with Crippen LogP contribution in [0.15, 0.2) is 36.4 Å². The molecule has 174 valence electrons. The molecule has 1 aromatic heterocycles. The van der Waals surface area contributed by atoms with Crippen molar-refractivity contribution in [3.8, 4) is 5.75 Å². The van der Waals surface area contributed by atoms with Crippen molar-refractivity contribution in [1.29, 1.82) is 0 Å². The molecule has 0 radical (unpaired) electrons. The summed E-state index contributed by atoms with van der Waals surface area (Å²) in [6.45, 7) is 6.08. The maximum Gasteiger partial charge on any atom is 0.338 e. The largest absolute Gasteiger partial charge is 0.494 e. The highest BCUT2D eigenvalue weighted by Crippen LogP contribution is 2.37. The second-order valence-electron chi connectivity index (χ2n) is 7.71. The highest BCUT2D eigenvalue weighted by atomic mass is 32.1. The Labute approximate surface area is 196 Å². The third kappa shape index (κ3) is 4.85. The number of rotatable bonds is 7. The summed E-state index contributed by atoms with van der Waals surface area (Å²) in [5, 5.41) is 0.565. The quantitative estimate of drug-likeness (QED) is 0.491. The van der Waals surface area contributed by atoms with E-state index in [1.165, 1.54) is 18.4 Å². The second-order valence-corrected chi connectivity index (χ2v) is 8.68. The molecular weight excluding hydrogens is 442 g/mol. The zero-order valence-electron chi connectivity index (χ0n) is 19.0. The van der Waals surface area contributed by atoms with E-state index in [0.29, 0.717) is 37.2 Å². The number of hydrogen-bond donors (Lipinski definition) is 0. The first kappa shape index (κ1) is 23.2. The summed E-state index contributed by atoms with van der Waals surface area (Å²) in [6, 6.07) is 10.6. The average molecular weight is 470 g/mol. The molecule has 0 atom stereocenters. The van der Waals surface area contributed by atoms with Crippen LogP contribution in [0.4, 0.5) is 5.13 Å². The van der Waals surface area contributed by atoms with Gasteiger partial charge in [-0.05, 0) is 30.7 Å². The Hall–Kier alpha value is -3.01. The van der Waals surface area contributed by atoms with Gasteiger partial charge in [0.1, 0.15) is 11.3 Å². The molecule has 1 aliphatic rings. The average Bonchev–Trinajstić information content (AvgIpc) is 3.30. The molecule has 1 saturated heterocycles. The van der Waals surface area contributed by atoms with Crippen LogP contribution in [-0.4, -0.2) is 75.4 Å². The second kappa shape index (κ2) is 10.3. The molecule has 2 aromatic carbocycles. The summed E-state index contributed by atoms with van der Waals surface area (Å²) < 4.78 is 16.8. The number of esters is 1. The summed E-state index contributed by atoms with van der Waals surface area (Å²) >= 11 is 1.45. The minimum absolute atomic E-state index is 0.233. The van der Waals surface area contributed by atoms with Gasteiger partial charge in [-0.3, -0.25) is 14.6 Å². The normalized spacial score (nSPS) is 14.3. The molecule has 1 fully saturated rings. The van der Waals surface area contributed by atoms with Crippen molar-refractivity contribution in [2.45, 2.75) is 6.92 Å². The molecule has 1 amide bonds. The smallest absolute Gasteiger partial charge is 0.338 e. The van der Waals surface area contributed by atoms with Crippen molar-refractivity contribution in [3.63, 3.8) is 0 Å². The van der Waals surface area contributed by atoms with Gasteiger partial charge in [0.15, 0.2) is 5.13 Å². The van der Waals surface area contributed by atoms with Crippen LogP contribution in [0.2, 0.25) is 0 Å². The zero-order valence-corrected chi connectivity index (χ0v) is 19.8. The van der Waals surface area contributed by atoms with Crippen LogP contribution in [-0.2, 0) is 9.47 Å². The van der Waals surface area contributed by atoms with Gasteiger partial charge in [-0.1, -0.05) is 29.5 Å². The summed E-state index contributed by atoms with van der Waals surface area (Å²) in [5.74, 6) is -0.178. The van der Waals surface area contributed by atoms with Crippen LogP contribution in [0.3, 0.4) is 0 Å². The highest BCUT2D eigenvalue weighted by Gasteiger charge is 2.27. The van der Waals surface area contributed by atoms with Crippen molar-refractivity contribution in [1.82, 2.24) is 9.88 Å². The van der Waals surface area contributed by atoms with Crippen LogP contribution in [0, 0.1) is 6.92 Å². The van der Waals surface area contributed by atoms with Crippen LogP contribution in [0.25, 0.3) is 10.2 Å². The molecule has 4 rings (SSSR count). The fraction of sp³-hybridized carbons (Fsp3) is 0.375. The number of aryl methyl sites for hydroxylation is 1. The Morgan fingerprint density at radius 1 is 1.12 bits per heavy atom. The molecule has 0 spiro atoms. The number of thiazole rings is 1. The molecule has 9 heteroatoms. The summed E-state index contributed by atoms with van der Waals surface area (Å²) in [6.07, 6.45) is 0. The van der Waals surface area contributed by atoms with Gasteiger partial charge in [-0.25, -0.2) is 9.78 Å². The molecule has 0 unspecified atom stereocenters. The first-order chi connectivity index (χ1) is 16.0. The Balaban J connectivity index is 1.74. The van der Waals surface area contributed by atoms with E-state index < -0.39 is 5.97 Å². The van der Waals surface area contributed by atoms with E-state index in [1.54, 1.807) is 36.3 Å². The number of methoxy groups -OCH3 is 2. The number of ether oxygens (including phenoxy) is 3. The third-order valence-corrected chi connectivity index (χ3v) is 6.91. The number of anilines is 1. The molecule has 0 bridgehead atoms. The third-order valence-electron chi connectivity index (χ3n) is 5.69. The van der Waals surface area contributed by atoms with E-state index in [9.17, 15) is 9.59 Å². The summed E-state index contributed by atoms with van der Waals surface area (Å²) in [5.41, 5.74) is 2.30. The van der Waals surface area contributed by atoms with Gasteiger partial charge in [0.2, 0.25) is 0 Å². The highest BCUT2D eigenvalue weighted by molar-refractivity contribution is 7.22. The molecule has 8 nitrogen and oxygen atoms in total. The van der Waals surface area contributed by atoms with Gasteiger partial charge in [-0.2, -0.15) is 0 Å². The van der Waals surface area contributed by atoms with E-state index in [1.807, 2.05) is 19.1 Å². The van der Waals surface area contributed by atoms with Crippen molar-refractivity contribution in [3.05, 3.63) is 53.1 Å². The lowest BCUT2D eigenvalue weighted by Gasteiger charge is -2.29. The van der Waals surface area contributed by atoms with Crippen LogP contribution in [0.5, 0.6) is 5.75 Å². The molecule has 1 aliphatic heterocycles. The Kier molecular flexibility index (Phi) is 7.22. The Morgan fingerprint density at radius 3 is 2.55 bits per heavy atom. The van der Waals surface area contributed by atoms with Crippen LogP contribution < -0.4 is 9.64 Å². The lowest BCUT2D eigenvalue weighted by molar-refractivity contribution is 0.0390. The lowest BCUT2D eigenvalue weighted by atomic mass is 10.1. The number of amides is 1. The van der Waals surface area contributed by atoms with Crippen molar-refractivity contribution in [2.24, 2.45) is 0 Å². The summed E-state index contributed by atoms with van der Waals surface area (Å²) in [4.78, 5) is 34.8. The number of morpholine rings is 1. The minimum atomic E-state index is -0.547.